The van der Waals surface area contributed by atoms with Crippen LogP contribution in [-0.2, 0) is 4.74 Å². The largest absolute Gasteiger partial charge is 0.448 e. The van der Waals surface area contributed by atoms with E-state index >= 15 is 0 Å². The first kappa shape index (κ1) is 16.3. The van der Waals surface area contributed by atoms with Gasteiger partial charge in [-0.15, -0.1) is 0 Å². The Labute approximate surface area is 144 Å². The lowest BCUT2D eigenvalue weighted by molar-refractivity contribution is -0.499. The predicted octanol–water partition coefficient (Wildman–Crippen LogP) is 4.85. The highest BCUT2D eigenvalue weighted by Gasteiger charge is 2.25. The van der Waals surface area contributed by atoms with Crippen molar-refractivity contribution >= 4 is 11.5 Å². The van der Waals surface area contributed by atoms with Gasteiger partial charge >= 0.3 is 5.90 Å². The van der Waals surface area contributed by atoms with E-state index in [1.54, 1.807) is 7.11 Å². The molecule has 0 saturated carbocycles. The maximum absolute atomic E-state index is 5.70. The molecular weight excluding hydrogens is 294 g/mol. The van der Waals surface area contributed by atoms with Crippen molar-refractivity contribution in [3.8, 4) is 0 Å². The topological polar surface area (TPSA) is 12.2 Å². The maximum atomic E-state index is 5.70. The fourth-order valence-corrected chi connectivity index (χ4v) is 3.09. The lowest BCUT2D eigenvalue weighted by Gasteiger charge is -2.16. The normalized spacial score (nSPS) is 17.7. The summed E-state index contributed by atoms with van der Waals surface area (Å²) in [5.41, 5.74) is 3.75. The highest BCUT2D eigenvalue weighted by atomic mass is 16.5. The molecule has 0 bridgehead atoms. The van der Waals surface area contributed by atoms with Crippen LogP contribution in [0.25, 0.3) is 5.57 Å². The molecule has 2 aromatic rings. The zero-order chi connectivity index (χ0) is 16.9. The van der Waals surface area contributed by atoms with Crippen LogP contribution in [0.4, 0.5) is 0 Å². The molecule has 0 aromatic heterocycles. The van der Waals surface area contributed by atoms with Crippen molar-refractivity contribution in [1.29, 1.82) is 0 Å². The summed E-state index contributed by atoms with van der Waals surface area (Å²) in [6.07, 6.45) is 6.58. The highest BCUT2D eigenvalue weighted by Crippen LogP contribution is 2.34. The number of nitrogens with zero attached hydrogens (tertiary/aromatic N) is 1. The fourth-order valence-electron chi connectivity index (χ4n) is 3.09. The van der Waals surface area contributed by atoms with Crippen LogP contribution in [0, 0.1) is 0 Å². The van der Waals surface area contributed by atoms with Crippen LogP contribution in [-0.4, -0.2) is 23.6 Å². The summed E-state index contributed by atoms with van der Waals surface area (Å²) >= 11 is 0. The number of ether oxygens (including phenoxy) is 1. The molecule has 1 aliphatic heterocycles. The second kappa shape index (κ2) is 7.31. The van der Waals surface area contributed by atoms with Gasteiger partial charge in [0.15, 0.2) is 12.2 Å². The summed E-state index contributed by atoms with van der Waals surface area (Å²) in [6.45, 7) is 4.34. The van der Waals surface area contributed by atoms with Crippen molar-refractivity contribution in [3.05, 3.63) is 90.1 Å². The molecular formula is C22H24NO+. The van der Waals surface area contributed by atoms with Crippen LogP contribution in [0.3, 0.4) is 0 Å². The Morgan fingerprint density at radius 2 is 1.54 bits per heavy atom. The minimum atomic E-state index is 0.197. The standard InChI is InChI=1S/C22H24NO/c1-17(2)23-15-14-20(18-10-6-4-7-11-18)21(16-22(23)24-3)19-12-8-5-9-13-19/h4-17,20H,1-3H3/q+1. The summed E-state index contributed by atoms with van der Waals surface area (Å²) in [4.78, 5) is 0. The smallest absolute Gasteiger partial charge is 0.368 e. The monoisotopic (exact) mass is 318 g/mol. The van der Waals surface area contributed by atoms with E-state index < -0.39 is 0 Å². The summed E-state index contributed by atoms with van der Waals surface area (Å²) < 4.78 is 7.87. The Bertz CT molecular complexity index is 770. The van der Waals surface area contributed by atoms with Gasteiger partial charge in [0.2, 0.25) is 0 Å². The van der Waals surface area contributed by atoms with Crippen molar-refractivity contribution in [3.63, 3.8) is 0 Å². The maximum Gasteiger partial charge on any atom is 0.368 e. The summed E-state index contributed by atoms with van der Waals surface area (Å²) in [5, 5.41) is 0. The number of benzene rings is 2. The van der Waals surface area contributed by atoms with E-state index in [-0.39, 0.29) is 5.92 Å². The minimum absolute atomic E-state index is 0.197. The van der Waals surface area contributed by atoms with Gasteiger partial charge in [-0.3, -0.25) is 0 Å². The molecule has 3 rings (SSSR count). The van der Waals surface area contributed by atoms with Crippen molar-refractivity contribution in [1.82, 2.24) is 0 Å². The van der Waals surface area contributed by atoms with E-state index in [0.29, 0.717) is 6.04 Å². The molecule has 0 saturated heterocycles. The molecule has 24 heavy (non-hydrogen) atoms. The van der Waals surface area contributed by atoms with E-state index in [1.165, 1.54) is 16.7 Å². The summed E-state index contributed by atoms with van der Waals surface area (Å²) in [7, 11) is 1.74. The number of hydrogen-bond donors (Lipinski definition) is 0. The Balaban J connectivity index is 2.18. The van der Waals surface area contributed by atoms with Crippen LogP contribution in [0.1, 0.15) is 30.9 Å². The summed E-state index contributed by atoms with van der Waals surface area (Å²) in [5.74, 6) is 1.07. The van der Waals surface area contributed by atoms with Crippen LogP contribution < -0.4 is 0 Å². The molecule has 1 heterocycles. The molecule has 2 nitrogen and oxygen atoms in total. The van der Waals surface area contributed by atoms with Gasteiger partial charge in [0.1, 0.15) is 0 Å². The quantitative estimate of drug-likeness (QED) is 0.737. The molecule has 2 heteroatoms. The average Bonchev–Trinajstić information content (AvgIpc) is 2.83. The van der Waals surface area contributed by atoms with E-state index in [9.17, 15) is 0 Å². The van der Waals surface area contributed by atoms with Crippen LogP contribution >= 0.6 is 0 Å². The lowest BCUT2D eigenvalue weighted by atomic mass is 9.86. The van der Waals surface area contributed by atoms with Gasteiger partial charge in [0.05, 0.1) is 13.2 Å². The first-order chi connectivity index (χ1) is 11.7. The molecule has 0 spiro atoms. The number of methoxy groups -OCH3 is 1. The van der Waals surface area contributed by atoms with Crippen LogP contribution in [0.2, 0.25) is 0 Å². The van der Waals surface area contributed by atoms with Crippen molar-refractivity contribution in [2.24, 2.45) is 0 Å². The lowest BCUT2D eigenvalue weighted by Crippen LogP contribution is -2.22. The Morgan fingerprint density at radius 3 is 2.12 bits per heavy atom. The van der Waals surface area contributed by atoms with Crippen LogP contribution in [0.5, 0.6) is 0 Å². The van der Waals surface area contributed by atoms with E-state index in [0.717, 1.165) is 5.90 Å². The van der Waals surface area contributed by atoms with Gasteiger partial charge in [-0.1, -0.05) is 60.7 Å². The Morgan fingerprint density at radius 1 is 0.917 bits per heavy atom. The van der Waals surface area contributed by atoms with Gasteiger partial charge in [0.25, 0.3) is 0 Å². The van der Waals surface area contributed by atoms with Gasteiger partial charge < -0.3 is 4.74 Å². The van der Waals surface area contributed by atoms with Crippen molar-refractivity contribution in [2.45, 2.75) is 25.8 Å². The average molecular weight is 318 g/mol. The predicted molar refractivity (Wildman–Crippen MR) is 100 cm³/mol. The summed E-state index contributed by atoms with van der Waals surface area (Å²) in [6, 6.07) is 21.5. The molecule has 1 aliphatic rings. The second-order valence-corrected chi connectivity index (χ2v) is 6.24. The molecule has 0 amide bonds. The van der Waals surface area contributed by atoms with Gasteiger partial charge in [0, 0.05) is 5.92 Å². The zero-order valence-corrected chi connectivity index (χ0v) is 14.5. The number of rotatable bonds is 3. The number of hydrogen-bond acceptors (Lipinski definition) is 1. The van der Waals surface area contributed by atoms with E-state index in [1.807, 2.05) is 0 Å². The van der Waals surface area contributed by atoms with Crippen molar-refractivity contribution < 1.29 is 9.31 Å². The molecule has 0 fully saturated rings. The molecule has 0 radical (unpaired) electrons. The molecule has 122 valence electrons. The fraction of sp³-hybridized carbons (Fsp3) is 0.227. The number of allylic oxidation sites excluding steroid dienone is 2. The third-order valence-corrected chi connectivity index (χ3v) is 4.34. The van der Waals surface area contributed by atoms with Crippen LogP contribution in [0.15, 0.2) is 79.0 Å². The Kier molecular flexibility index (Phi) is 4.95. The molecule has 1 unspecified atom stereocenters. The second-order valence-electron chi connectivity index (χ2n) is 6.24. The zero-order valence-electron chi connectivity index (χ0n) is 14.5. The van der Waals surface area contributed by atoms with Crippen molar-refractivity contribution in [2.75, 3.05) is 7.11 Å². The van der Waals surface area contributed by atoms with Gasteiger partial charge in [-0.25, -0.2) is 0 Å². The molecule has 0 N–H and O–H groups in total. The van der Waals surface area contributed by atoms with E-state index in [4.69, 9.17) is 4.74 Å². The Hall–Kier alpha value is -2.61. The molecule has 2 aromatic carbocycles. The van der Waals surface area contributed by atoms with Gasteiger partial charge in [-0.05, 0) is 36.6 Å². The molecule has 1 atom stereocenters. The SMILES string of the molecule is COC1=[N+](C(C)C)C=CC(c2ccccc2)C(c2ccccc2)=C1. The van der Waals surface area contributed by atoms with Gasteiger partial charge in [-0.2, -0.15) is 4.58 Å². The minimum Gasteiger partial charge on any atom is -0.448 e. The first-order valence-electron chi connectivity index (χ1n) is 8.40. The third kappa shape index (κ3) is 3.33. The highest BCUT2D eigenvalue weighted by molar-refractivity contribution is 5.94. The third-order valence-electron chi connectivity index (χ3n) is 4.34. The molecule has 0 aliphatic carbocycles. The van der Waals surface area contributed by atoms with E-state index in [2.05, 4.69) is 97.4 Å². The first-order valence-corrected chi connectivity index (χ1v) is 8.40.